The fourth-order valence-corrected chi connectivity index (χ4v) is 1.10. The second-order valence-electron chi connectivity index (χ2n) is 2.73. The molecule has 0 aromatic heterocycles. The minimum atomic E-state index is -0.434. The zero-order valence-corrected chi connectivity index (χ0v) is 8.19. The molecule has 0 aliphatic rings. The normalized spacial score (nSPS) is 11.1. The number of rotatable bonds is 4. The van der Waals surface area contributed by atoms with Gasteiger partial charge in [0.15, 0.2) is 0 Å². The molecule has 14 heavy (non-hydrogen) atoms. The van der Waals surface area contributed by atoms with Gasteiger partial charge in [-0.2, -0.15) is 0 Å². The van der Waals surface area contributed by atoms with Gasteiger partial charge in [0, 0.05) is 24.2 Å². The third-order valence-electron chi connectivity index (χ3n) is 1.67. The Kier molecular flexibility index (Phi) is 4.56. The Balaban J connectivity index is 2.53. The highest BCUT2D eigenvalue weighted by molar-refractivity contribution is 6.25. The molecule has 0 unspecified atom stereocenters. The van der Waals surface area contributed by atoms with E-state index >= 15 is 0 Å². The van der Waals surface area contributed by atoms with E-state index in [0.717, 1.165) is 12.1 Å². The van der Waals surface area contributed by atoms with Gasteiger partial charge in [0.2, 0.25) is 0 Å². The Morgan fingerprint density at radius 3 is 2.86 bits per heavy atom. The van der Waals surface area contributed by atoms with Crippen molar-refractivity contribution in [3.63, 3.8) is 0 Å². The minimum Gasteiger partial charge on any atom is -0.309 e. The van der Waals surface area contributed by atoms with Crippen molar-refractivity contribution in [1.29, 1.82) is 0 Å². The molecule has 1 aromatic carbocycles. The topological polar surface area (TPSA) is 12.0 Å². The molecule has 1 nitrogen and oxygen atoms in total. The van der Waals surface area contributed by atoms with E-state index in [0.29, 0.717) is 12.1 Å². The van der Waals surface area contributed by atoms with Gasteiger partial charge in [-0.25, -0.2) is 8.78 Å². The van der Waals surface area contributed by atoms with Gasteiger partial charge in [0.1, 0.15) is 11.6 Å². The maximum Gasteiger partial charge on any atom is 0.127 e. The Bertz CT molecular complexity index is 326. The van der Waals surface area contributed by atoms with Crippen molar-refractivity contribution in [2.45, 2.75) is 6.54 Å². The number of halogens is 3. The summed E-state index contributed by atoms with van der Waals surface area (Å²) in [6.45, 7) is 0.810. The van der Waals surface area contributed by atoms with Gasteiger partial charge in [-0.1, -0.05) is 17.7 Å². The van der Waals surface area contributed by atoms with Crippen LogP contribution in [0, 0.1) is 11.6 Å². The quantitative estimate of drug-likeness (QED) is 0.765. The fourth-order valence-electron chi connectivity index (χ4n) is 1.01. The average molecular weight is 218 g/mol. The lowest BCUT2D eigenvalue weighted by Gasteiger charge is -2.03. The second-order valence-corrected chi connectivity index (χ2v) is 2.98. The second kappa shape index (κ2) is 5.73. The van der Waals surface area contributed by atoms with Crippen LogP contribution in [-0.2, 0) is 6.54 Å². The van der Waals surface area contributed by atoms with Crippen LogP contribution in [0.15, 0.2) is 29.8 Å². The lowest BCUT2D eigenvalue weighted by molar-refractivity contribution is 0.575. The summed E-state index contributed by atoms with van der Waals surface area (Å²) in [7, 11) is 0. The van der Waals surface area contributed by atoms with E-state index in [9.17, 15) is 8.78 Å². The van der Waals surface area contributed by atoms with Gasteiger partial charge in [0.05, 0.1) is 0 Å². The summed E-state index contributed by atoms with van der Waals surface area (Å²) in [5, 5.41) is 2.89. The van der Waals surface area contributed by atoms with E-state index in [1.807, 2.05) is 0 Å². The third-order valence-corrected chi connectivity index (χ3v) is 1.85. The largest absolute Gasteiger partial charge is 0.309 e. The first-order valence-electron chi connectivity index (χ1n) is 4.14. The Hall–Kier alpha value is -0.930. The number of hydrogen-bond donors (Lipinski definition) is 1. The van der Waals surface area contributed by atoms with Crippen molar-refractivity contribution in [1.82, 2.24) is 5.32 Å². The first-order valence-corrected chi connectivity index (χ1v) is 4.57. The summed E-state index contributed by atoms with van der Waals surface area (Å²) in [5.41, 5.74) is 1.68. The molecule has 0 amide bonds. The van der Waals surface area contributed by atoms with Crippen LogP contribution >= 0.6 is 11.6 Å². The van der Waals surface area contributed by atoms with Crippen LogP contribution in [0.5, 0.6) is 0 Å². The summed E-state index contributed by atoms with van der Waals surface area (Å²) < 4.78 is 25.7. The predicted molar refractivity (Wildman–Crippen MR) is 53.1 cm³/mol. The van der Waals surface area contributed by atoms with E-state index in [-0.39, 0.29) is 6.54 Å². The van der Waals surface area contributed by atoms with Crippen LogP contribution < -0.4 is 5.32 Å². The lowest BCUT2D eigenvalue weighted by Crippen LogP contribution is -2.13. The zero-order valence-electron chi connectivity index (χ0n) is 7.43. The number of hydrogen-bond acceptors (Lipinski definition) is 1. The van der Waals surface area contributed by atoms with Crippen LogP contribution in [0.2, 0.25) is 0 Å². The first kappa shape index (κ1) is 11.1. The molecule has 0 heterocycles. The molecule has 0 aliphatic heterocycles. The van der Waals surface area contributed by atoms with Crippen LogP contribution in [0.4, 0.5) is 8.78 Å². The highest BCUT2D eigenvalue weighted by Gasteiger charge is 2.02. The third kappa shape index (κ3) is 3.44. The molecule has 0 bridgehead atoms. The maximum absolute atomic E-state index is 13.0. The molecule has 4 heteroatoms. The van der Waals surface area contributed by atoms with Crippen molar-refractivity contribution in [2.75, 3.05) is 6.54 Å². The average Bonchev–Trinajstić information content (AvgIpc) is 2.18. The number of benzene rings is 1. The van der Waals surface area contributed by atoms with Gasteiger partial charge in [-0.15, -0.1) is 0 Å². The summed E-state index contributed by atoms with van der Waals surface area (Å²) in [6.07, 6.45) is 1.68. The molecule has 0 atom stereocenters. The van der Waals surface area contributed by atoms with Crippen molar-refractivity contribution >= 4 is 11.6 Å². The molecule has 0 spiro atoms. The molecule has 76 valence electrons. The van der Waals surface area contributed by atoms with Gasteiger partial charge in [-0.3, -0.25) is 0 Å². The zero-order chi connectivity index (χ0) is 10.4. The van der Waals surface area contributed by atoms with E-state index in [2.05, 4.69) is 5.32 Å². The monoisotopic (exact) mass is 217 g/mol. The van der Waals surface area contributed by atoms with E-state index < -0.39 is 11.6 Å². The highest BCUT2D eigenvalue weighted by Crippen LogP contribution is 2.08. The summed E-state index contributed by atoms with van der Waals surface area (Å²) in [4.78, 5) is 0. The Labute approximate surface area is 86.4 Å². The summed E-state index contributed by atoms with van der Waals surface area (Å²) >= 11 is 5.29. The highest BCUT2D eigenvalue weighted by atomic mass is 35.5. The van der Waals surface area contributed by atoms with E-state index in [4.69, 9.17) is 11.6 Å². The molecule has 0 saturated carbocycles. The Morgan fingerprint density at radius 2 is 2.14 bits per heavy atom. The van der Waals surface area contributed by atoms with Crippen LogP contribution in [0.1, 0.15) is 5.56 Å². The van der Waals surface area contributed by atoms with Crippen LogP contribution in [-0.4, -0.2) is 6.54 Å². The van der Waals surface area contributed by atoms with Gasteiger partial charge in [0.25, 0.3) is 0 Å². The maximum atomic E-state index is 13.0. The molecule has 1 rings (SSSR count). The van der Waals surface area contributed by atoms with Crippen molar-refractivity contribution in [2.24, 2.45) is 0 Å². The predicted octanol–water partition coefficient (Wildman–Crippen LogP) is 2.81. The molecular weight excluding hydrogens is 208 g/mol. The molecule has 1 N–H and O–H groups in total. The van der Waals surface area contributed by atoms with Gasteiger partial charge in [-0.05, 0) is 18.2 Å². The molecule has 1 aromatic rings. The van der Waals surface area contributed by atoms with Crippen molar-refractivity contribution < 1.29 is 8.78 Å². The lowest BCUT2D eigenvalue weighted by atomic mass is 10.2. The SMILES string of the molecule is Fc1ccc(F)c(CNC/C=C/Cl)c1. The first-order chi connectivity index (χ1) is 6.74. The molecule has 0 saturated heterocycles. The standard InChI is InChI=1S/C10H10ClF2N/c11-4-1-5-14-7-8-6-9(12)2-3-10(8)13/h1-4,6,14H,5,7H2/b4-1+. The van der Waals surface area contributed by atoms with Gasteiger partial charge < -0.3 is 5.32 Å². The van der Waals surface area contributed by atoms with Crippen molar-refractivity contribution in [3.05, 3.63) is 47.0 Å². The molecule has 0 aliphatic carbocycles. The molecule has 0 fully saturated rings. The van der Waals surface area contributed by atoms with Crippen LogP contribution in [0.3, 0.4) is 0 Å². The molecular formula is C10H10ClF2N. The number of nitrogens with one attached hydrogen (secondary N) is 1. The minimum absolute atomic E-state index is 0.283. The van der Waals surface area contributed by atoms with Crippen LogP contribution in [0.25, 0.3) is 0 Å². The smallest absolute Gasteiger partial charge is 0.127 e. The molecule has 0 radical (unpaired) electrons. The Morgan fingerprint density at radius 1 is 1.36 bits per heavy atom. The van der Waals surface area contributed by atoms with Gasteiger partial charge >= 0.3 is 0 Å². The summed E-state index contributed by atoms with van der Waals surface area (Å²) in [6, 6.07) is 3.38. The fraction of sp³-hybridized carbons (Fsp3) is 0.200. The van der Waals surface area contributed by atoms with E-state index in [1.165, 1.54) is 11.6 Å². The summed E-state index contributed by atoms with van der Waals surface area (Å²) in [5.74, 6) is -0.843. The van der Waals surface area contributed by atoms with E-state index in [1.54, 1.807) is 6.08 Å². The van der Waals surface area contributed by atoms with Crippen molar-refractivity contribution in [3.8, 4) is 0 Å².